The van der Waals surface area contributed by atoms with E-state index in [2.05, 4.69) is 15.8 Å². The smallest absolute Gasteiger partial charge is 0.400 e. The standard InChI is InChI=1S/C14H11ClN4O5/c15-11-4-2-1-3-10(11)14(21)16-8-12(20)18-17-7-9-5-6-13(24-9)19(22)23/h1-7H,8H2,(H,16,21)(H,18,20)/b17-7-. The van der Waals surface area contributed by atoms with Gasteiger partial charge in [0.15, 0.2) is 5.76 Å². The minimum atomic E-state index is -0.694. The lowest BCUT2D eigenvalue weighted by molar-refractivity contribution is -0.402. The first-order chi connectivity index (χ1) is 11.5. The van der Waals surface area contributed by atoms with Gasteiger partial charge in [-0.2, -0.15) is 5.10 Å². The van der Waals surface area contributed by atoms with Crippen molar-refractivity contribution in [3.8, 4) is 0 Å². The molecule has 0 aliphatic heterocycles. The molecule has 0 saturated heterocycles. The first-order valence-corrected chi connectivity index (χ1v) is 6.94. The molecule has 9 nitrogen and oxygen atoms in total. The van der Waals surface area contributed by atoms with E-state index in [1.807, 2.05) is 0 Å². The molecule has 0 saturated carbocycles. The highest BCUT2D eigenvalue weighted by atomic mass is 35.5. The van der Waals surface area contributed by atoms with Crippen LogP contribution < -0.4 is 10.7 Å². The van der Waals surface area contributed by atoms with Gasteiger partial charge in [-0.05, 0) is 18.2 Å². The van der Waals surface area contributed by atoms with Crippen molar-refractivity contribution in [3.05, 3.63) is 62.9 Å². The van der Waals surface area contributed by atoms with Crippen LogP contribution in [0.15, 0.2) is 45.9 Å². The zero-order valence-corrected chi connectivity index (χ0v) is 12.8. The number of nitrogens with one attached hydrogen (secondary N) is 2. The maximum absolute atomic E-state index is 11.8. The lowest BCUT2D eigenvalue weighted by atomic mass is 10.2. The van der Waals surface area contributed by atoms with Crippen LogP contribution in [0, 0.1) is 10.1 Å². The van der Waals surface area contributed by atoms with Gasteiger partial charge >= 0.3 is 5.88 Å². The van der Waals surface area contributed by atoms with E-state index in [1.54, 1.807) is 18.2 Å². The van der Waals surface area contributed by atoms with Crippen molar-refractivity contribution < 1.29 is 18.9 Å². The van der Waals surface area contributed by atoms with Gasteiger partial charge in [-0.25, -0.2) is 5.43 Å². The fourth-order valence-corrected chi connectivity index (χ4v) is 1.84. The number of hydrogen-bond acceptors (Lipinski definition) is 6. The first kappa shape index (κ1) is 17.2. The van der Waals surface area contributed by atoms with Gasteiger partial charge in [0.1, 0.15) is 4.92 Å². The van der Waals surface area contributed by atoms with Crippen LogP contribution in [-0.4, -0.2) is 29.5 Å². The van der Waals surface area contributed by atoms with Crippen molar-refractivity contribution in [1.82, 2.24) is 10.7 Å². The molecule has 0 fully saturated rings. The molecule has 0 unspecified atom stereocenters. The van der Waals surface area contributed by atoms with Crippen LogP contribution in [0.5, 0.6) is 0 Å². The molecule has 2 N–H and O–H groups in total. The normalized spacial score (nSPS) is 10.5. The van der Waals surface area contributed by atoms with E-state index >= 15 is 0 Å². The second kappa shape index (κ2) is 7.88. The molecule has 0 radical (unpaired) electrons. The number of rotatable bonds is 6. The van der Waals surface area contributed by atoms with Crippen molar-refractivity contribution in [1.29, 1.82) is 0 Å². The average Bonchev–Trinajstić information content (AvgIpc) is 3.02. The van der Waals surface area contributed by atoms with Gasteiger partial charge in [0.25, 0.3) is 11.8 Å². The van der Waals surface area contributed by atoms with E-state index in [1.165, 1.54) is 12.1 Å². The maximum atomic E-state index is 11.8. The Morgan fingerprint density at radius 1 is 1.29 bits per heavy atom. The molecule has 124 valence electrons. The second-order valence-electron chi connectivity index (χ2n) is 4.39. The summed E-state index contributed by atoms with van der Waals surface area (Å²) in [7, 11) is 0. The SMILES string of the molecule is O=C(CNC(=O)c1ccccc1Cl)N/N=C\c1ccc([N+](=O)[O-])o1. The monoisotopic (exact) mass is 350 g/mol. The molecular formula is C14H11ClN4O5. The molecule has 0 aliphatic rings. The van der Waals surface area contributed by atoms with E-state index in [0.717, 1.165) is 12.3 Å². The summed E-state index contributed by atoms with van der Waals surface area (Å²) in [5.41, 5.74) is 2.39. The van der Waals surface area contributed by atoms with Gasteiger partial charge in [0.2, 0.25) is 0 Å². The van der Waals surface area contributed by atoms with Crippen molar-refractivity contribution in [2.24, 2.45) is 5.10 Å². The van der Waals surface area contributed by atoms with E-state index in [9.17, 15) is 19.7 Å². The third-order valence-electron chi connectivity index (χ3n) is 2.70. The molecule has 1 heterocycles. The minimum absolute atomic E-state index is 0.0992. The highest BCUT2D eigenvalue weighted by molar-refractivity contribution is 6.33. The Labute approximate surface area is 140 Å². The van der Waals surface area contributed by atoms with Crippen LogP contribution in [0.2, 0.25) is 5.02 Å². The summed E-state index contributed by atoms with van der Waals surface area (Å²) in [6.07, 6.45) is 1.10. The van der Waals surface area contributed by atoms with Crippen molar-refractivity contribution in [3.63, 3.8) is 0 Å². The number of benzene rings is 1. The average molecular weight is 351 g/mol. The fourth-order valence-electron chi connectivity index (χ4n) is 1.62. The maximum Gasteiger partial charge on any atom is 0.433 e. The minimum Gasteiger partial charge on any atom is -0.400 e. The van der Waals surface area contributed by atoms with Crippen LogP contribution in [0.4, 0.5) is 5.88 Å². The molecule has 1 aromatic heterocycles. The van der Waals surface area contributed by atoms with Gasteiger partial charge in [0, 0.05) is 0 Å². The number of hydrazone groups is 1. The van der Waals surface area contributed by atoms with Crippen molar-refractivity contribution in [2.75, 3.05) is 6.54 Å². The van der Waals surface area contributed by atoms with Crippen LogP contribution in [0.1, 0.15) is 16.1 Å². The van der Waals surface area contributed by atoms with Gasteiger partial charge in [-0.3, -0.25) is 19.7 Å². The van der Waals surface area contributed by atoms with E-state index in [4.69, 9.17) is 16.0 Å². The molecule has 1 aromatic carbocycles. The van der Waals surface area contributed by atoms with Gasteiger partial charge < -0.3 is 9.73 Å². The quantitative estimate of drug-likeness (QED) is 0.466. The van der Waals surface area contributed by atoms with Crippen LogP contribution >= 0.6 is 11.6 Å². The Balaban J connectivity index is 1.81. The van der Waals surface area contributed by atoms with E-state index < -0.39 is 22.6 Å². The number of furan rings is 1. The fraction of sp³-hybridized carbons (Fsp3) is 0.0714. The van der Waals surface area contributed by atoms with Gasteiger partial charge in [-0.15, -0.1) is 0 Å². The molecule has 2 amide bonds. The number of nitrogens with zero attached hydrogens (tertiary/aromatic N) is 2. The molecule has 0 bridgehead atoms. The third-order valence-corrected chi connectivity index (χ3v) is 3.03. The number of amides is 2. The molecule has 10 heteroatoms. The van der Waals surface area contributed by atoms with E-state index in [-0.39, 0.29) is 22.9 Å². The summed E-state index contributed by atoms with van der Waals surface area (Å²) in [4.78, 5) is 33.1. The predicted molar refractivity (Wildman–Crippen MR) is 84.9 cm³/mol. The summed E-state index contributed by atoms with van der Waals surface area (Å²) >= 11 is 5.87. The molecule has 0 spiro atoms. The number of hydrogen-bond donors (Lipinski definition) is 2. The number of carbonyl (C=O) groups excluding carboxylic acids is 2. The molecule has 2 aromatic rings. The predicted octanol–water partition coefficient (Wildman–Crippen LogP) is 1.72. The Kier molecular flexibility index (Phi) is 5.63. The number of halogens is 1. The lowest BCUT2D eigenvalue weighted by Crippen LogP contribution is -2.35. The summed E-state index contributed by atoms with van der Waals surface area (Å²) in [6, 6.07) is 8.90. The third kappa shape index (κ3) is 4.65. The van der Waals surface area contributed by atoms with Crippen molar-refractivity contribution in [2.45, 2.75) is 0 Å². The topological polar surface area (TPSA) is 127 Å². The second-order valence-corrected chi connectivity index (χ2v) is 4.80. The Bertz CT molecular complexity index is 802. The Morgan fingerprint density at radius 2 is 2.04 bits per heavy atom. The van der Waals surface area contributed by atoms with Crippen LogP contribution in [-0.2, 0) is 4.79 Å². The lowest BCUT2D eigenvalue weighted by Gasteiger charge is -2.05. The Hall–Kier alpha value is -3.20. The molecule has 0 atom stereocenters. The number of nitro groups is 1. The molecule has 0 aliphatic carbocycles. The van der Waals surface area contributed by atoms with Gasteiger partial charge in [0.05, 0.1) is 29.4 Å². The molecule has 24 heavy (non-hydrogen) atoms. The summed E-state index contributed by atoms with van der Waals surface area (Å²) in [5, 5.41) is 16.7. The van der Waals surface area contributed by atoms with Crippen LogP contribution in [0.25, 0.3) is 0 Å². The van der Waals surface area contributed by atoms with Crippen molar-refractivity contribution >= 4 is 35.5 Å². The van der Waals surface area contributed by atoms with Gasteiger partial charge in [-0.1, -0.05) is 23.7 Å². The summed E-state index contributed by atoms with van der Waals surface area (Å²) in [5.74, 6) is -1.43. The Morgan fingerprint density at radius 3 is 2.71 bits per heavy atom. The molecule has 2 rings (SSSR count). The highest BCUT2D eigenvalue weighted by Gasteiger charge is 2.11. The first-order valence-electron chi connectivity index (χ1n) is 6.56. The van der Waals surface area contributed by atoms with Crippen LogP contribution in [0.3, 0.4) is 0 Å². The zero-order chi connectivity index (χ0) is 17.5. The summed E-state index contributed by atoms with van der Waals surface area (Å²) in [6.45, 7) is -0.320. The van der Waals surface area contributed by atoms with E-state index in [0.29, 0.717) is 0 Å². The summed E-state index contributed by atoms with van der Waals surface area (Å²) < 4.78 is 4.81. The largest absolute Gasteiger partial charge is 0.433 e. The molecular weight excluding hydrogens is 340 g/mol. The zero-order valence-electron chi connectivity index (χ0n) is 12.1. The number of carbonyl (C=O) groups is 2. The highest BCUT2D eigenvalue weighted by Crippen LogP contribution is 2.14.